The van der Waals surface area contributed by atoms with Crippen molar-refractivity contribution in [3.8, 4) is 5.75 Å². The molecule has 0 bridgehead atoms. The van der Waals surface area contributed by atoms with Crippen LogP contribution < -0.4 is 10.5 Å². The van der Waals surface area contributed by atoms with Crippen molar-refractivity contribution in [1.82, 2.24) is 4.98 Å². The maximum absolute atomic E-state index is 8.67. The number of hydrogen-bond acceptors (Lipinski definition) is 4. The Morgan fingerprint density at radius 3 is 3.00 bits per heavy atom. The van der Waals surface area contributed by atoms with Gasteiger partial charge in [0.25, 0.3) is 0 Å². The number of rotatable bonds is 4. The van der Waals surface area contributed by atoms with Gasteiger partial charge in [0, 0.05) is 36.2 Å². The second-order valence-electron chi connectivity index (χ2n) is 3.50. The number of ether oxygens (including phenoxy) is 1. The van der Waals surface area contributed by atoms with Crippen molar-refractivity contribution in [1.29, 1.82) is 0 Å². The van der Waals surface area contributed by atoms with E-state index < -0.39 is 0 Å². The minimum atomic E-state index is 0.122. The van der Waals surface area contributed by atoms with Gasteiger partial charge in [-0.2, -0.15) is 0 Å². The number of aliphatic hydroxyl groups is 1. The largest absolute Gasteiger partial charge is 0.491 e. The van der Waals surface area contributed by atoms with Crippen molar-refractivity contribution >= 4 is 16.5 Å². The summed E-state index contributed by atoms with van der Waals surface area (Å²) in [6, 6.07) is 5.62. The normalized spacial score (nSPS) is 10.6. The first-order chi connectivity index (χ1) is 7.83. The minimum Gasteiger partial charge on any atom is -0.491 e. The Labute approximate surface area is 93.7 Å². The van der Waals surface area contributed by atoms with Gasteiger partial charge in [-0.3, -0.25) is 4.98 Å². The van der Waals surface area contributed by atoms with Gasteiger partial charge in [-0.05, 0) is 18.2 Å². The number of nitrogens with two attached hydrogens (primary N) is 1. The molecule has 0 aliphatic rings. The van der Waals surface area contributed by atoms with Gasteiger partial charge < -0.3 is 15.6 Å². The van der Waals surface area contributed by atoms with E-state index in [2.05, 4.69) is 4.98 Å². The van der Waals surface area contributed by atoms with Crippen LogP contribution in [0.5, 0.6) is 5.75 Å². The summed E-state index contributed by atoms with van der Waals surface area (Å²) in [5.41, 5.74) is 6.61. The zero-order valence-electron chi connectivity index (χ0n) is 8.89. The third kappa shape index (κ3) is 2.06. The maximum Gasteiger partial charge on any atom is 0.142 e. The third-order valence-corrected chi connectivity index (χ3v) is 2.38. The number of nitrogen functional groups attached to an aromatic ring is 1. The lowest BCUT2D eigenvalue weighted by atomic mass is 10.1. The number of hydrogen-bond donors (Lipinski definition) is 2. The molecule has 0 amide bonds. The fraction of sp³-hybridized carbons (Fsp3) is 0.250. The molecule has 16 heavy (non-hydrogen) atoms. The Morgan fingerprint density at radius 1 is 1.31 bits per heavy atom. The van der Waals surface area contributed by atoms with E-state index in [9.17, 15) is 0 Å². The zero-order chi connectivity index (χ0) is 11.4. The lowest BCUT2D eigenvalue weighted by molar-refractivity contribution is 0.234. The van der Waals surface area contributed by atoms with Crippen LogP contribution in [0.4, 0.5) is 5.69 Å². The smallest absolute Gasteiger partial charge is 0.142 e. The number of nitrogens with zero attached hydrogens (tertiary/aromatic N) is 1. The van der Waals surface area contributed by atoms with Crippen molar-refractivity contribution in [2.75, 3.05) is 18.9 Å². The van der Waals surface area contributed by atoms with E-state index in [1.165, 1.54) is 0 Å². The van der Waals surface area contributed by atoms with E-state index in [-0.39, 0.29) is 6.61 Å². The summed E-state index contributed by atoms with van der Waals surface area (Å²) in [4.78, 5) is 4.03. The molecule has 0 unspecified atom stereocenters. The minimum absolute atomic E-state index is 0.122. The van der Waals surface area contributed by atoms with E-state index in [4.69, 9.17) is 15.6 Å². The number of anilines is 1. The van der Waals surface area contributed by atoms with Gasteiger partial charge in [0.1, 0.15) is 5.75 Å². The summed E-state index contributed by atoms with van der Waals surface area (Å²) in [5, 5.41) is 10.6. The van der Waals surface area contributed by atoms with Crippen molar-refractivity contribution < 1.29 is 9.84 Å². The average molecular weight is 218 g/mol. The van der Waals surface area contributed by atoms with Crippen LogP contribution >= 0.6 is 0 Å². The first-order valence-electron chi connectivity index (χ1n) is 5.19. The number of fused-ring (bicyclic) bond motifs is 1. The quantitative estimate of drug-likeness (QED) is 0.604. The average Bonchev–Trinajstić information content (AvgIpc) is 2.33. The predicted octanol–water partition coefficient (Wildman–Crippen LogP) is 1.58. The number of benzene rings is 1. The van der Waals surface area contributed by atoms with Gasteiger partial charge in [-0.25, -0.2) is 0 Å². The molecule has 3 N–H and O–H groups in total. The van der Waals surface area contributed by atoms with Crippen molar-refractivity contribution in [3.05, 3.63) is 30.6 Å². The molecule has 0 saturated carbocycles. The van der Waals surface area contributed by atoms with Crippen LogP contribution in [0.3, 0.4) is 0 Å². The first kappa shape index (κ1) is 10.7. The van der Waals surface area contributed by atoms with E-state index in [1.807, 2.05) is 18.2 Å². The SMILES string of the molecule is Nc1c(OCCCO)ccc2cnccc12. The highest BCUT2D eigenvalue weighted by Crippen LogP contribution is 2.29. The molecule has 0 radical (unpaired) electrons. The Balaban J connectivity index is 2.29. The Morgan fingerprint density at radius 2 is 2.19 bits per heavy atom. The predicted molar refractivity (Wildman–Crippen MR) is 63.4 cm³/mol. The molecule has 2 aromatic rings. The van der Waals surface area contributed by atoms with Gasteiger partial charge in [-0.1, -0.05) is 0 Å². The molecule has 84 valence electrons. The highest BCUT2D eigenvalue weighted by Gasteiger charge is 2.04. The number of pyridine rings is 1. The molecule has 4 heteroatoms. The fourth-order valence-corrected chi connectivity index (χ4v) is 1.55. The Bertz CT molecular complexity index is 485. The molecular formula is C12H14N2O2. The second kappa shape index (κ2) is 4.81. The van der Waals surface area contributed by atoms with Gasteiger partial charge in [-0.15, -0.1) is 0 Å². The summed E-state index contributed by atoms with van der Waals surface area (Å²) in [5.74, 6) is 0.659. The highest BCUT2D eigenvalue weighted by atomic mass is 16.5. The maximum atomic E-state index is 8.67. The molecule has 0 atom stereocenters. The summed E-state index contributed by atoms with van der Waals surface area (Å²) < 4.78 is 5.48. The van der Waals surface area contributed by atoms with Gasteiger partial charge in [0.2, 0.25) is 0 Å². The van der Waals surface area contributed by atoms with E-state index in [0.717, 1.165) is 10.8 Å². The van der Waals surface area contributed by atoms with Crippen LogP contribution in [0.2, 0.25) is 0 Å². The van der Waals surface area contributed by atoms with E-state index >= 15 is 0 Å². The molecule has 1 heterocycles. The van der Waals surface area contributed by atoms with Crippen LogP contribution in [0.25, 0.3) is 10.8 Å². The summed E-state index contributed by atoms with van der Waals surface area (Å²) in [6.45, 7) is 0.592. The molecule has 0 saturated heterocycles. The van der Waals surface area contributed by atoms with Gasteiger partial charge >= 0.3 is 0 Å². The molecule has 0 aliphatic heterocycles. The fourth-order valence-electron chi connectivity index (χ4n) is 1.55. The van der Waals surface area contributed by atoms with Crippen molar-refractivity contribution in [3.63, 3.8) is 0 Å². The zero-order valence-corrected chi connectivity index (χ0v) is 8.89. The molecule has 0 spiro atoms. The lowest BCUT2D eigenvalue weighted by Gasteiger charge is -2.10. The Kier molecular flexibility index (Phi) is 3.22. The van der Waals surface area contributed by atoms with Crippen LogP contribution in [0.1, 0.15) is 6.42 Å². The van der Waals surface area contributed by atoms with Crippen LogP contribution in [-0.4, -0.2) is 23.3 Å². The van der Waals surface area contributed by atoms with Crippen LogP contribution in [0, 0.1) is 0 Å². The van der Waals surface area contributed by atoms with Crippen molar-refractivity contribution in [2.45, 2.75) is 6.42 Å². The third-order valence-electron chi connectivity index (χ3n) is 2.38. The first-order valence-corrected chi connectivity index (χ1v) is 5.19. The molecule has 1 aromatic carbocycles. The van der Waals surface area contributed by atoms with Crippen LogP contribution in [0.15, 0.2) is 30.6 Å². The molecular weight excluding hydrogens is 204 g/mol. The summed E-state index contributed by atoms with van der Waals surface area (Å²) >= 11 is 0. The number of aromatic nitrogens is 1. The van der Waals surface area contributed by atoms with Crippen LogP contribution in [-0.2, 0) is 0 Å². The van der Waals surface area contributed by atoms with E-state index in [0.29, 0.717) is 24.5 Å². The summed E-state index contributed by atoms with van der Waals surface area (Å²) in [6.07, 6.45) is 4.08. The van der Waals surface area contributed by atoms with E-state index in [1.54, 1.807) is 12.4 Å². The molecule has 0 fully saturated rings. The topological polar surface area (TPSA) is 68.4 Å². The van der Waals surface area contributed by atoms with Gasteiger partial charge in [0.15, 0.2) is 0 Å². The molecule has 1 aromatic heterocycles. The molecule has 0 aliphatic carbocycles. The van der Waals surface area contributed by atoms with Crippen molar-refractivity contribution in [2.24, 2.45) is 0 Å². The summed E-state index contributed by atoms with van der Waals surface area (Å²) in [7, 11) is 0. The standard InChI is InChI=1S/C12H14N2O2/c13-12-10-4-5-14-8-9(10)2-3-11(12)16-7-1-6-15/h2-5,8,15H,1,6-7,13H2. The highest BCUT2D eigenvalue weighted by molar-refractivity contribution is 5.95. The lowest BCUT2D eigenvalue weighted by Crippen LogP contribution is -2.02. The molecule has 4 nitrogen and oxygen atoms in total. The number of aliphatic hydroxyl groups excluding tert-OH is 1. The second-order valence-corrected chi connectivity index (χ2v) is 3.50. The molecule has 2 rings (SSSR count). The van der Waals surface area contributed by atoms with Gasteiger partial charge in [0.05, 0.1) is 12.3 Å². The Hall–Kier alpha value is -1.81. The monoisotopic (exact) mass is 218 g/mol.